The van der Waals surface area contributed by atoms with Crippen LogP contribution < -0.4 is 31.3 Å². The fourth-order valence-corrected chi connectivity index (χ4v) is 5.20. The standard InChI is InChI=1S/C37H44N4O3/c38-37(39)41-35(34(30-18-10-6-11-19-30)31-20-12-7-13-21-31)36(42)40-26-14-3-1-2-4-15-27-43-32-22-24-33(25-23-32)44-28-29-16-8-5-9-17-29/h5-13,16-25,34-35H,1-4,14-15,26-28H2,(H,40,42)(H4,38,39,41)/p+1. The molecule has 0 radical (unpaired) electrons. The summed E-state index contributed by atoms with van der Waals surface area (Å²) in [5.41, 5.74) is 14.8. The lowest BCUT2D eigenvalue weighted by atomic mass is 9.84. The monoisotopic (exact) mass is 593 g/mol. The van der Waals surface area contributed by atoms with Gasteiger partial charge in [0.15, 0.2) is 6.04 Å². The quantitative estimate of drug-likeness (QED) is 0.0762. The van der Waals surface area contributed by atoms with Gasteiger partial charge in [-0.25, -0.2) is 0 Å². The number of hydrogen-bond donors (Lipinski definition) is 4. The van der Waals surface area contributed by atoms with E-state index in [1.807, 2.05) is 103 Å². The average molecular weight is 594 g/mol. The Morgan fingerprint density at radius 3 is 1.70 bits per heavy atom. The number of rotatable bonds is 18. The predicted molar refractivity (Wildman–Crippen MR) is 176 cm³/mol. The largest absolute Gasteiger partial charge is 0.494 e. The molecule has 0 aromatic heterocycles. The number of guanidine groups is 1. The second-order valence-electron chi connectivity index (χ2n) is 10.9. The van der Waals surface area contributed by atoms with Gasteiger partial charge in [-0.3, -0.25) is 21.3 Å². The maximum absolute atomic E-state index is 13.4. The van der Waals surface area contributed by atoms with Crippen molar-refractivity contribution in [3.05, 3.63) is 132 Å². The zero-order valence-electron chi connectivity index (χ0n) is 25.4. The van der Waals surface area contributed by atoms with E-state index in [2.05, 4.69) is 22.4 Å². The maximum atomic E-state index is 13.4. The third kappa shape index (κ3) is 10.8. The van der Waals surface area contributed by atoms with Gasteiger partial charge < -0.3 is 14.8 Å². The van der Waals surface area contributed by atoms with Gasteiger partial charge in [0, 0.05) is 6.54 Å². The minimum atomic E-state index is -0.636. The molecule has 6 N–H and O–H groups in total. The van der Waals surface area contributed by atoms with E-state index in [1.165, 1.54) is 0 Å². The number of carbonyl (C=O) groups is 1. The number of nitrogens with one attached hydrogen (secondary N) is 2. The molecule has 0 bridgehead atoms. The Morgan fingerprint density at radius 2 is 1.14 bits per heavy atom. The maximum Gasteiger partial charge on any atom is 0.339 e. The van der Waals surface area contributed by atoms with Crippen molar-refractivity contribution in [2.75, 3.05) is 13.2 Å². The minimum absolute atomic E-state index is 0.0239. The highest BCUT2D eigenvalue weighted by Gasteiger charge is 2.32. The first-order valence-electron chi connectivity index (χ1n) is 15.5. The van der Waals surface area contributed by atoms with Crippen LogP contribution in [-0.4, -0.2) is 31.1 Å². The molecule has 0 fully saturated rings. The van der Waals surface area contributed by atoms with E-state index in [0.717, 1.165) is 66.7 Å². The van der Waals surface area contributed by atoms with Gasteiger partial charge in [0.05, 0.1) is 12.5 Å². The van der Waals surface area contributed by atoms with Gasteiger partial charge in [-0.05, 0) is 53.8 Å². The van der Waals surface area contributed by atoms with E-state index < -0.39 is 6.04 Å². The molecule has 0 aliphatic heterocycles. The topological polar surface area (TPSA) is 114 Å². The van der Waals surface area contributed by atoms with Crippen LogP contribution in [0.15, 0.2) is 115 Å². The van der Waals surface area contributed by atoms with Crippen LogP contribution in [-0.2, 0) is 11.4 Å². The Kier molecular flexibility index (Phi) is 13.2. The molecule has 0 aliphatic carbocycles. The van der Waals surface area contributed by atoms with Crippen molar-refractivity contribution >= 4 is 11.9 Å². The molecule has 44 heavy (non-hydrogen) atoms. The first-order valence-corrected chi connectivity index (χ1v) is 15.5. The minimum Gasteiger partial charge on any atom is -0.494 e. The van der Waals surface area contributed by atoms with Crippen molar-refractivity contribution in [2.24, 2.45) is 11.5 Å². The lowest BCUT2D eigenvalue weighted by molar-refractivity contribution is -0.492. The molecular weight excluding hydrogens is 548 g/mol. The lowest BCUT2D eigenvalue weighted by Crippen LogP contribution is -2.88. The van der Waals surface area contributed by atoms with Crippen molar-refractivity contribution in [1.29, 1.82) is 0 Å². The Balaban J connectivity index is 1.12. The molecule has 230 valence electrons. The molecule has 0 aliphatic rings. The van der Waals surface area contributed by atoms with E-state index in [9.17, 15) is 4.79 Å². The lowest BCUT2D eigenvalue weighted by Gasteiger charge is -2.24. The van der Waals surface area contributed by atoms with Crippen LogP contribution >= 0.6 is 0 Å². The van der Waals surface area contributed by atoms with Gasteiger partial charge in [0.1, 0.15) is 18.1 Å². The third-order valence-electron chi connectivity index (χ3n) is 7.47. The van der Waals surface area contributed by atoms with E-state index in [-0.39, 0.29) is 17.8 Å². The Labute approximate surface area is 261 Å². The number of ether oxygens (including phenoxy) is 2. The first-order chi connectivity index (χ1) is 21.6. The zero-order chi connectivity index (χ0) is 30.8. The Bertz CT molecular complexity index is 1350. The van der Waals surface area contributed by atoms with Crippen molar-refractivity contribution < 1.29 is 19.3 Å². The number of hydrogen-bond acceptors (Lipinski definition) is 3. The highest BCUT2D eigenvalue weighted by molar-refractivity contribution is 5.83. The van der Waals surface area contributed by atoms with Gasteiger partial charge in [0.2, 0.25) is 0 Å². The van der Waals surface area contributed by atoms with Crippen molar-refractivity contribution in [3.8, 4) is 11.5 Å². The van der Waals surface area contributed by atoms with Gasteiger partial charge in [-0.15, -0.1) is 0 Å². The van der Waals surface area contributed by atoms with Gasteiger partial charge in [0.25, 0.3) is 5.91 Å². The van der Waals surface area contributed by atoms with Crippen molar-refractivity contribution in [3.63, 3.8) is 0 Å². The third-order valence-corrected chi connectivity index (χ3v) is 7.47. The molecule has 1 unspecified atom stereocenters. The summed E-state index contributed by atoms with van der Waals surface area (Å²) in [4.78, 5) is 16.4. The van der Waals surface area contributed by atoms with E-state index in [0.29, 0.717) is 19.8 Å². The summed E-state index contributed by atoms with van der Waals surface area (Å²) in [6, 6.07) is 37.2. The summed E-state index contributed by atoms with van der Waals surface area (Å²) in [5.74, 6) is 1.35. The first kappa shape index (κ1) is 32.1. The SMILES string of the molecule is NC(N)=[NH+]C(C(=O)NCCCCCCCCOc1ccc(OCc2ccccc2)cc1)C(c1ccccc1)c1ccccc1. The van der Waals surface area contributed by atoms with Gasteiger partial charge >= 0.3 is 5.96 Å². The van der Waals surface area contributed by atoms with Crippen LogP contribution in [0.2, 0.25) is 0 Å². The number of carbonyl (C=O) groups excluding carboxylic acids is 1. The van der Waals surface area contributed by atoms with Crippen LogP contribution in [0.25, 0.3) is 0 Å². The molecule has 0 saturated carbocycles. The Morgan fingerprint density at radius 1 is 0.636 bits per heavy atom. The van der Waals surface area contributed by atoms with Gasteiger partial charge in [-0.1, -0.05) is 117 Å². The van der Waals surface area contributed by atoms with E-state index in [1.54, 1.807) is 0 Å². The molecule has 7 nitrogen and oxygen atoms in total. The second-order valence-corrected chi connectivity index (χ2v) is 10.9. The van der Waals surface area contributed by atoms with Crippen molar-refractivity contribution in [2.45, 2.75) is 57.1 Å². The molecule has 4 aromatic rings. The number of benzene rings is 4. The van der Waals surface area contributed by atoms with E-state index in [4.69, 9.17) is 20.9 Å². The second kappa shape index (κ2) is 18.0. The van der Waals surface area contributed by atoms with Crippen molar-refractivity contribution in [1.82, 2.24) is 5.32 Å². The summed E-state index contributed by atoms with van der Waals surface area (Å²) in [6.45, 7) is 1.85. The van der Waals surface area contributed by atoms with Crippen LogP contribution in [0.4, 0.5) is 0 Å². The highest BCUT2D eigenvalue weighted by atomic mass is 16.5. The number of unbranched alkanes of at least 4 members (excludes halogenated alkanes) is 5. The smallest absolute Gasteiger partial charge is 0.339 e. The predicted octanol–water partition coefficient (Wildman–Crippen LogP) is 4.66. The molecule has 1 atom stereocenters. The number of nitrogens with two attached hydrogens (primary N) is 2. The van der Waals surface area contributed by atoms with Crippen LogP contribution in [0, 0.1) is 0 Å². The summed E-state index contributed by atoms with van der Waals surface area (Å²) in [6.07, 6.45) is 6.33. The van der Waals surface area contributed by atoms with Crippen LogP contribution in [0.3, 0.4) is 0 Å². The molecular formula is C37H45N4O3+. The molecule has 1 amide bonds. The molecule has 4 aromatic carbocycles. The molecule has 4 rings (SSSR count). The number of amides is 1. The normalized spacial score (nSPS) is 11.5. The highest BCUT2D eigenvalue weighted by Crippen LogP contribution is 2.27. The average Bonchev–Trinajstić information content (AvgIpc) is 3.06. The Hall–Kier alpha value is -4.78. The van der Waals surface area contributed by atoms with Crippen LogP contribution in [0.1, 0.15) is 61.1 Å². The van der Waals surface area contributed by atoms with E-state index >= 15 is 0 Å². The van der Waals surface area contributed by atoms with Gasteiger partial charge in [-0.2, -0.15) is 0 Å². The fourth-order valence-electron chi connectivity index (χ4n) is 5.20. The summed E-state index contributed by atoms with van der Waals surface area (Å²) >= 11 is 0. The summed E-state index contributed by atoms with van der Waals surface area (Å²) in [7, 11) is 0. The summed E-state index contributed by atoms with van der Waals surface area (Å²) < 4.78 is 11.7. The molecule has 0 heterocycles. The van der Waals surface area contributed by atoms with Crippen LogP contribution in [0.5, 0.6) is 11.5 Å². The molecule has 0 spiro atoms. The fraction of sp³-hybridized carbons (Fsp3) is 0.297. The zero-order valence-corrected chi connectivity index (χ0v) is 25.4. The molecule has 0 saturated heterocycles. The molecule has 7 heteroatoms. The summed E-state index contributed by atoms with van der Waals surface area (Å²) in [5, 5.41) is 3.10.